The fourth-order valence-electron chi connectivity index (χ4n) is 4.34. The topological polar surface area (TPSA) is 44.0 Å². The standard InChI is InChI=1S/C11H15NO/c12-7-10-2-8-1-9(3-10)5-11(13,4-8)6-10/h8-9,13H,1-6H2/t8-,9+,10?,11?. The summed E-state index contributed by atoms with van der Waals surface area (Å²) in [7, 11) is 0. The van der Waals surface area contributed by atoms with Crippen molar-refractivity contribution in [2.24, 2.45) is 17.3 Å². The largest absolute Gasteiger partial charge is 0.390 e. The van der Waals surface area contributed by atoms with Crippen LogP contribution < -0.4 is 0 Å². The zero-order chi connectivity index (χ0) is 9.10. The van der Waals surface area contributed by atoms with E-state index < -0.39 is 5.60 Å². The first-order valence-electron chi connectivity index (χ1n) is 5.27. The summed E-state index contributed by atoms with van der Waals surface area (Å²) in [5.74, 6) is 1.29. The van der Waals surface area contributed by atoms with Crippen molar-refractivity contribution in [3.05, 3.63) is 0 Å². The lowest BCUT2D eigenvalue weighted by Crippen LogP contribution is -2.55. The molecule has 2 heteroatoms. The van der Waals surface area contributed by atoms with Crippen molar-refractivity contribution in [2.75, 3.05) is 0 Å². The molecule has 4 atom stereocenters. The van der Waals surface area contributed by atoms with Gasteiger partial charge in [-0.15, -0.1) is 0 Å². The van der Waals surface area contributed by atoms with Crippen LogP contribution in [0.25, 0.3) is 0 Å². The second-order valence-electron chi connectivity index (χ2n) is 5.58. The third-order valence-corrected chi connectivity index (χ3v) is 4.27. The quantitative estimate of drug-likeness (QED) is 0.613. The van der Waals surface area contributed by atoms with E-state index in [0.717, 1.165) is 32.1 Å². The van der Waals surface area contributed by atoms with Crippen molar-refractivity contribution < 1.29 is 5.11 Å². The predicted molar refractivity (Wildman–Crippen MR) is 47.7 cm³/mol. The van der Waals surface area contributed by atoms with Gasteiger partial charge >= 0.3 is 0 Å². The maximum absolute atomic E-state index is 10.2. The van der Waals surface area contributed by atoms with Crippen LogP contribution in [0.15, 0.2) is 0 Å². The molecule has 4 aliphatic rings. The van der Waals surface area contributed by atoms with Crippen LogP contribution in [0.4, 0.5) is 0 Å². The van der Waals surface area contributed by atoms with Crippen LogP contribution in [0.3, 0.4) is 0 Å². The summed E-state index contributed by atoms with van der Waals surface area (Å²) in [5, 5.41) is 19.4. The normalized spacial score (nSPS) is 57.8. The summed E-state index contributed by atoms with van der Waals surface area (Å²) in [5.41, 5.74) is -0.599. The van der Waals surface area contributed by atoms with E-state index in [9.17, 15) is 10.4 Å². The maximum Gasteiger partial charge on any atom is 0.0691 e. The highest BCUT2D eigenvalue weighted by Gasteiger charge is 2.57. The molecule has 4 aliphatic carbocycles. The Morgan fingerprint density at radius 2 is 1.77 bits per heavy atom. The van der Waals surface area contributed by atoms with Crippen LogP contribution in [-0.2, 0) is 0 Å². The molecule has 4 saturated carbocycles. The molecule has 70 valence electrons. The summed E-state index contributed by atoms with van der Waals surface area (Å²) < 4.78 is 0. The van der Waals surface area contributed by atoms with Crippen LogP contribution in [0.5, 0.6) is 0 Å². The van der Waals surface area contributed by atoms with Crippen LogP contribution in [-0.4, -0.2) is 10.7 Å². The molecule has 0 spiro atoms. The first kappa shape index (κ1) is 7.82. The number of aliphatic hydroxyl groups is 1. The second-order valence-corrected chi connectivity index (χ2v) is 5.58. The van der Waals surface area contributed by atoms with Crippen molar-refractivity contribution in [2.45, 2.75) is 44.1 Å². The van der Waals surface area contributed by atoms with E-state index in [1.807, 2.05) is 0 Å². The Balaban J connectivity index is 2.01. The molecule has 4 fully saturated rings. The van der Waals surface area contributed by atoms with E-state index in [1.165, 1.54) is 6.42 Å². The van der Waals surface area contributed by atoms with Crippen LogP contribution >= 0.6 is 0 Å². The van der Waals surface area contributed by atoms with Gasteiger partial charge in [-0.3, -0.25) is 0 Å². The highest BCUT2D eigenvalue weighted by atomic mass is 16.3. The molecule has 0 aromatic heterocycles. The Kier molecular flexibility index (Phi) is 1.26. The minimum Gasteiger partial charge on any atom is -0.390 e. The van der Waals surface area contributed by atoms with Gasteiger partial charge in [0.2, 0.25) is 0 Å². The Bertz CT molecular complexity index is 277. The van der Waals surface area contributed by atoms with Crippen molar-refractivity contribution in [3.8, 4) is 6.07 Å². The average Bonchev–Trinajstić information content (AvgIpc) is 1.99. The van der Waals surface area contributed by atoms with Gasteiger partial charge in [0.1, 0.15) is 0 Å². The zero-order valence-electron chi connectivity index (χ0n) is 7.79. The van der Waals surface area contributed by atoms with Crippen molar-refractivity contribution >= 4 is 0 Å². The van der Waals surface area contributed by atoms with Crippen LogP contribution in [0.1, 0.15) is 38.5 Å². The SMILES string of the molecule is N#CC12C[C@@H]3C[C@@H](CC(O)(C3)C1)C2. The highest BCUT2D eigenvalue weighted by molar-refractivity contribution is 5.15. The number of nitriles is 1. The van der Waals surface area contributed by atoms with Gasteiger partial charge in [-0.1, -0.05) is 0 Å². The zero-order valence-corrected chi connectivity index (χ0v) is 7.79. The maximum atomic E-state index is 10.2. The van der Waals surface area contributed by atoms with Crippen molar-refractivity contribution in [3.63, 3.8) is 0 Å². The lowest BCUT2D eigenvalue weighted by Gasteiger charge is -2.57. The van der Waals surface area contributed by atoms with Gasteiger partial charge < -0.3 is 5.11 Å². The molecule has 0 aromatic rings. The van der Waals surface area contributed by atoms with Crippen LogP contribution in [0.2, 0.25) is 0 Å². The van der Waals surface area contributed by atoms with E-state index in [4.69, 9.17) is 0 Å². The van der Waals surface area contributed by atoms with Gasteiger partial charge in [0.05, 0.1) is 17.1 Å². The second kappa shape index (κ2) is 2.09. The summed E-state index contributed by atoms with van der Waals surface area (Å²) in [6, 6.07) is 2.47. The molecule has 1 N–H and O–H groups in total. The van der Waals surface area contributed by atoms with E-state index in [1.54, 1.807) is 0 Å². The minimum atomic E-state index is -0.459. The molecular formula is C11H15NO. The molecule has 0 aromatic carbocycles. The molecular weight excluding hydrogens is 162 g/mol. The molecule has 0 amide bonds. The van der Waals surface area contributed by atoms with Gasteiger partial charge in [-0.25, -0.2) is 0 Å². The molecule has 0 heterocycles. The third-order valence-electron chi connectivity index (χ3n) is 4.27. The number of nitrogens with zero attached hydrogens (tertiary/aromatic N) is 1. The summed E-state index contributed by atoms with van der Waals surface area (Å²) >= 11 is 0. The fourth-order valence-corrected chi connectivity index (χ4v) is 4.34. The minimum absolute atomic E-state index is 0.140. The lowest BCUT2D eigenvalue weighted by atomic mass is 9.48. The molecule has 4 bridgehead atoms. The lowest BCUT2D eigenvalue weighted by molar-refractivity contribution is -0.145. The van der Waals surface area contributed by atoms with Gasteiger partial charge in [0, 0.05) is 0 Å². The Morgan fingerprint density at radius 3 is 2.23 bits per heavy atom. The molecule has 0 aliphatic heterocycles. The van der Waals surface area contributed by atoms with Gasteiger partial charge in [0.25, 0.3) is 0 Å². The Labute approximate surface area is 78.6 Å². The summed E-state index contributed by atoms with van der Waals surface area (Å²) in [6.45, 7) is 0. The predicted octanol–water partition coefficient (Wildman–Crippen LogP) is 1.84. The molecule has 2 unspecified atom stereocenters. The molecule has 4 rings (SSSR count). The van der Waals surface area contributed by atoms with E-state index in [2.05, 4.69) is 6.07 Å². The summed E-state index contributed by atoms with van der Waals surface area (Å²) in [6.07, 6.45) is 6.07. The van der Waals surface area contributed by atoms with Gasteiger partial charge in [-0.05, 0) is 50.4 Å². The van der Waals surface area contributed by atoms with Crippen LogP contribution in [0, 0.1) is 28.6 Å². The average molecular weight is 177 g/mol. The van der Waals surface area contributed by atoms with Gasteiger partial charge in [0.15, 0.2) is 0 Å². The highest BCUT2D eigenvalue weighted by Crippen LogP contribution is 2.61. The smallest absolute Gasteiger partial charge is 0.0691 e. The number of rotatable bonds is 0. The van der Waals surface area contributed by atoms with Gasteiger partial charge in [-0.2, -0.15) is 5.26 Å². The fraction of sp³-hybridized carbons (Fsp3) is 0.909. The number of hydrogen-bond donors (Lipinski definition) is 1. The molecule has 0 radical (unpaired) electrons. The van der Waals surface area contributed by atoms with Crippen molar-refractivity contribution in [1.82, 2.24) is 0 Å². The van der Waals surface area contributed by atoms with E-state index >= 15 is 0 Å². The Morgan fingerprint density at radius 1 is 1.15 bits per heavy atom. The van der Waals surface area contributed by atoms with E-state index in [-0.39, 0.29) is 5.41 Å². The summed E-state index contributed by atoms with van der Waals surface area (Å²) in [4.78, 5) is 0. The molecule has 2 nitrogen and oxygen atoms in total. The monoisotopic (exact) mass is 177 g/mol. The van der Waals surface area contributed by atoms with E-state index in [0.29, 0.717) is 11.8 Å². The third kappa shape index (κ3) is 0.971. The first-order valence-corrected chi connectivity index (χ1v) is 5.27. The van der Waals surface area contributed by atoms with Crippen molar-refractivity contribution in [1.29, 1.82) is 5.26 Å². The first-order chi connectivity index (χ1) is 6.13. The Hall–Kier alpha value is -0.550. The molecule has 0 saturated heterocycles. The number of hydrogen-bond acceptors (Lipinski definition) is 2. The molecule has 13 heavy (non-hydrogen) atoms.